The summed E-state index contributed by atoms with van der Waals surface area (Å²) in [6.07, 6.45) is 0.676. The van der Waals surface area contributed by atoms with E-state index >= 15 is 0 Å². The van der Waals surface area contributed by atoms with Crippen LogP contribution in [0.25, 0.3) is 0 Å². The molecule has 3 heteroatoms. The average molecular weight is 293 g/mol. The molecule has 0 saturated carbocycles. The molecule has 0 fully saturated rings. The highest BCUT2D eigenvalue weighted by molar-refractivity contribution is 6.36. The van der Waals surface area contributed by atoms with Crippen LogP contribution in [0.3, 0.4) is 0 Å². The Morgan fingerprint density at radius 3 is 2.26 bits per heavy atom. The largest absolute Gasteiger partial charge is 0.299 e. The first-order chi connectivity index (χ1) is 9.06. The molecule has 0 aliphatic carbocycles. The summed E-state index contributed by atoms with van der Waals surface area (Å²) in [5, 5.41) is 1.09. The molecule has 0 heterocycles. The van der Waals surface area contributed by atoms with Crippen molar-refractivity contribution >= 4 is 29.0 Å². The van der Waals surface area contributed by atoms with Crippen LogP contribution in [0.1, 0.15) is 16.7 Å². The van der Waals surface area contributed by atoms with Gasteiger partial charge in [-0.25, -0.2) is 0 Å². The standard InChI is InChI=1S/C16H14Cl2O/c1-11-4-2-5-12(8-11)9-13(19)10-14-15(17)6-3-7-16(14)18/h2-8H,9-10H2,1H3. The monoisotopic (exact) mass is 292 g/mol. The van der Waals surface area contributed by atoms with Gasteiger partial charge in [0.1, 0.15) is 5.78 Å². The Morgan fingerprint density at radius 1 is 1.00 bits per heavy atom. The zero-order chi connectivity index (χ0) is 13.8. The van der Waals surface area contributed by atoms with Crippen LogP contribution >= 0.6 is 23.2 Å². The van der Waals surface area contributed by atoms with E-state index in [4.69, 9.17) is 23.2 Å². The fourth-order valence-corrected chi connectivity index (χ4v) is 2.54. The number of carbonyl (C=O) groups excluding carboxylic acids is 1. The SMILES string of the molecule is Cc1cccc(CC(=O)Cc2c(Cl)cccc2Cl)c1. The first-order valence-electron chi connectivity index (χ1n) is 6.06. The number of hydrogen-bond donors (Lipinski definition) is 0. The lowest BCUT2D eigenvalue weighted by atomic mass is 10.0. The summed E-state index contributed by atoms with van der Waals surface area (Å²) in [4.78, 5) is 12.1. The molecule has 0 atom stereocenters. The van der Waals surface area contributed by atoms with Crippen LogP contribution in [0.15, 0.2) is 42.5 Å². The van der Waals surface area contributed by atoms with Crippen LogP contribution in [-0.4, -0.2) is 5.78 Å². The van der Waals surface area contributed by atoms with Crippen molar-refractivity contribution in [1.82, 2.24) is 0 Å². The van der Waals surface area contributed by atoms with E-state index in [2.05, 4.69) is 0 Å². The van der Waals surface area contributed by atoms with Crippen LogP contribution in [0, 0.1) is 6.92 Å². The van der Waals surface area contributed by atoms with Crippen molar-refractivity contribution in [2.24, 2.45) is 0 Å². The van der Waals surface area contributed by atoms with Gasteiger partial charge in [0.15, 0.2) is 0 Å². The number of benzene rings is 2. The number of hydrogen-bond acceptors (Lipinski definition) is 1. The van der Waals surface area contributed by atoms with Gasteiger partial charge in [-0.1, -0.05) is 59.1 Å². The van der Waals surface area contributed by atoms with Gasteiger partial charge in [-0.15, -0.1) is 0 Å². The third-order valence-corrected chi connectivity index (χ3v) is 3.63. The summed E-state index contributed by atoms with van der Waals surface area (Å²) in [5.41, 5.74) is 2.89. The molecule has 0 saturated heterocycles. The lowest BCUT2D eigenvalue weighted by molar-refractivity contribution is -0.117. The molecule has 19 heavy (non-hydrogen) atoms. The number of aryl methyl sites for hydroxylation is 1. The molecule has 2 aromatic rings. The maximum Gasteiger partial charge on any atom is 0.141 e. The normalized spacial score (nSPS) is 10.5. The molecule has 0 radical (unpaired) electrons. The molecular formula is C16H14Cl2O. The third kappa shape index (κ3) is 3.82. The highest BCUT2D eigenvalue weighted by Crippen LogP contribution is 2.25. The van der Waals surface area contributed by atoms with Gasteiger partial charge in [0, 0.05) is 22.9 Å². The van der Waals surface area contributed by atoms with Crippen molar-refractivity contribution in [2.45, 2.75) is 19.8 Å². The Hall–Kier alpha value is -1.31. The molecule has 0 unspecified atom stereocenters. The smallest absolute Gasteiger partial charge is 0.141 e. The molecule has 0 aromatic heterocycles. The molecule has 1 nitrogen and oxygen atoms in total. The summed E-state index contributed by atoms with van der Waals surface area (Å²) in [6.45, 7) is 2.01. The number of Topliss-reactive ketones (excluding diaryl/α,β-unsaturated/α-hetero) is 1. The summed E-state index contributed by atoms with van der Waals surface area (Å²) >= 11 is 12.1. The zero-order valence-electron chi connectivity index (χ0n) is 10.6. The quantitative estimate of drug-likeness (QED) is 0.801. The van der Waals surface area contributed by atoms with E-state index in [9.17, 15) is 4.79 Å². The van der Waals surface area contributed by atoms with Gasteiger partial charge in [0.05, 0.1) is 0 Å². The molecule has 2 rings (SSSR count). The highest BCUT2D eigenvalue weighted by atomic mass is 35.5. The van der Waals surface area contributed by atoms with Gasteiger partial charge in [-0.05, 0) is 30.2 Å². The van der Waals surface area contributed by atoms with Gasteiger partial charge in [0.2, 0.25) is 0 Å². The number of ketones is 1. The van der Waals surface area contributed by atoms with Crippen molar-refractivity contribution < 1.29 is 4.79 Å². The maximum atomic E-state index is 12.1. The first-order valence-corrected chi connectivity index (χ1v) is 6.82. The minimum atomic E-state index is 0.112. The predicted octanol–water partition coefficient (Wildman–Crippen LogP) is 4.66. The van der Waals surface area contributed by atoms with Crippen LogP contribution < -0.4 is 0 Å². The molecule has 0 aliphatic heterocycles. The third-order valence-electron chi connectivity index (χ3n) is 2.92. The van der Waals surface area contributed by atoms with E-state index in [0.29, 0.717) is 22.0 Å². The lowest BCUT2D eigenvalue weighted by Gasteiger charge is -2.06. The zero-order valence-corrected chi connectivity index (χ0v) is 12.1. The van der Waals surface area contributed by atoms with E-state index in [1.54, 1.807) is 18.2 Å². The van der Waals surface area contributed by atoms with Gasteiger partial charge < -0.3 is 0 Å². The average Bonchev–Trinajstić information content (AvgIpc) is 2.34. The van der Waals surface area contributed by atoms with Gasteiger partial charge in [-0.3, -0.25) is 4.79 Å². The van der Waals surface area contributed by atoms with Gasteiger partial charge >= 0.3 is 0 Å². The van der Waals surface area contributed by atoms with Crippen LogP contribution in [0.4, 0.5) is 0 Å². The Kier molecular flexibility index (Phi) is 4.62. The molecule has 0 bridgehead atoms. The predicted molar refractivity (Wildman–Crippen MR) is 80.1 cm³/mol. The van der Waals surface area contributed by atoms with E-state index < -0.39 is 0 Å². The highest BCUT2D eigenvalue weighted by Gasteiger charge is 2.11. The fraction of sp³-hybridized carbons (Fsp3) is 0.188. The van der Waals surface area contributed by atoms with Crippen LogP contribution in [-0.2, 0) is 17.6 Å². The van der Waals surface area contributed by atoms with Crippen LogP contribution in [0.2, 0.25) is 10.0 Å². The number of carbonyl (C=O) groups is 1. The Labute approximate surface area is 123 Å². The van der Waals surface area contributed by atoms with E-state index in [0.717, 1.165) is 11.1 Å². The van der Waals surface area contributed by atoms with Crippen molar-refractivity contribution in [3.05, 3.63) is 69.2 Å². The van der Waals surface area contributed by atoms with E-state index in [-0.39, 0.29) is 12.2 Å². The Balaban J connectivity index is 2.10. The number of rotatable bonds is 4. The summed E-state index contributed by atoms with van der Waals surface area (Å²) in [5.74, 6) is 0.112. The minimum Gasteiger partial charge on any atom is -0.299 e. The van der Waals surface area contributed by atoms with Crippen molar-refractivity contribution in [1.29, 1.82) is 0 Å². The molecule has 0 aliphatic rings. The van der Waals surface area contributed by atoms with Crippen molar-refractivity contribution in [3.63, 3.8) is 0 Å². The Bertz CT molecular complexity index is 585. The minimum absolute atomic E-state index is 0.112. The molecular weight excluding hydrogens is 279 g/mol. The Morgan fingerprint density at radius 2 is 1.63 bits per heavy atom. The fourth-order valence-electron chi connectivity index (χ4n) is 2.01. The second-order valence-electron chi connectivity index (χ2n) is 4.58. The second kappa shape index (κ2) is 6.23. The summed E-state index contributed by atoms with van der Waals surface area (Å²) in [7, 11) is 0. The summed E-state index contributed by atoms with van der Waals surface area (Å²) in [6, 6.07) is 13.2. The number of halogens is 2. The molecule has 0 N–H and O–H groups in total. The first kappa shape index (κ1) is 14.1. The van der Waals surface area contributed by atoms with E-state index in [1.165, 1.54) is 0 Å². The maximum absolute atomic E-state index is 12.1. The molecule has 0 amide bonds. The molecule has 2 aromatic carbocycles. The lowest BCUT2D eigenvalue weighted by Crippen LogP contribution is -2.07. The molecule has 98 valence electrons. The van der Waals surface area contributed by atoms with Gasteiger partial charge in [-0.2, -0.15) is 0 Å². The van der Waals surface area contributed by atoms with Gasteiger partial charge in [0.25, 0.3) is 0 Å². The van der Waals surface area contributed by atoms with Crippen LogP contribution in [0.5, 0.6) is 0 Å². The van der Waals surface area contributed by atoms with Crippen molar-refractivity contribution in [2.75, 3.05) is 0 Å². The summed E-state index contributed by atoms with van der Waals surface area (Å²) < 4.78 is 0. The second-order valence-corrected chi connectivity index (χ2v) is 5.40. The topological polar surface area (TPSA) is 17.1 Å². The molecule has 0 spiro atoms. The van der Waals surface area contributed by atoms with Crippen molar-refractivity contribution in [3.8, 4) is 0 Å². The van der Waals surface area contributed by atoms with E-state index in [1.807, 2.05) is 31.2 Å².